The zero-order valence-electron chi connectivity index (χ0n) is 12.5. The van der Waals surface area contributed by atoms with Gasteiger partial charge in [-0.2, -0.15) is 0 Å². The summed E-state index contributed by atoms with van der Waals surface area (Å²) in [4.78, 5) is 23.2. The molecule has 0 fully saturated rings. The van der Waals surface area contributed by atoms with Crippen molar-refractivity contribution in [2.24, 2.45) is 0 Å². The molecule has 112 valence electrons. The van der Waals surface area contributed by atoms with Crippen molar-refractivity contribution in [3.05, 3.63) is 65.2 Å². The van der Waals surface area contributed by atoms with Gasteiger partial charge in [0.15, 0.2) is 5.78 Å². The Balaban J connectivity index is 2.21. The van der Waals surface area contributed by atoms with Crippen LogP contribution >= 0.6 is 0 Å². The maximum Gasteiger partial charge on any atom is 0.221 e. The summed E-state index contributed by atoms with van der Waals surface area (Å²) in [5, 5.41) is 12.4. The van der Waals surface area contributed by atoms with Gasteiger partial charge in [-0.15, -0.1) is 0 Å². The summed E-state index contributed by atoms with van der Waals surface area (Å²) in [6.45, 7) is 3.37. The molecule has 0 spiro atoms. The molecule has 0 aliphatic heterocycles. The fraction of sp³-hybridized carbons (Fsp3) is 0.111. The molecule has 0 saturated heterocycles. The van der Waals surface area contributed by atoms with Crippen LogP contribution in [0.25, 0.3) is 6.08 Å². The van der Waals surface area contributed by atoms with E-state index in [0.29, 0.717) is 5.69 Å². The van der Waals surface area contributed by atoms with E-state index in [9.17, 15) is 14.7 Å². The smallest absolute Gasteiger partial charge is 0.221 e. The van der Waals surface area contributed by atoms with E-state index < -0.39 is 0 Å². The number of hydrogen-bond donors (Lipinski definition) is 2. The molecule has 0 atom stereocenters. The number of ketones is 1. The monoisotopic (exact) mass is 295 g/mol. The maximum atomic E-state index is 12.2. The zero-order valence-corrected chi connectivity index (χ0v) is 12.5. The number of anilines is 1. The summed E-state index contributed by atoms with van der Waals surface area (Å²) in [6, 6.07) is 12.1. The highest BCUT2D eigenvalue weighted by molar-refractivity contribution is 6.09. The van der Waals surface area contributed by atoms with Crippen LogP contribution in [0.5, 0.6) is 5.75 Å². The topological polar surface area (TPSA) is 66.4 Å². The van der Waals surface area contributed by atoms with E-state index in [-0.39, 0.29) is 23.0 Å². The summed E-state index contributed by atoms with van der Waals surface area (Å²) in [5.74, 6) is -0.683. The van der Waals surface area contributed by atoms with Gasteiger partial charge in [-0.3, -0.25) is 9.59 Å². The van der Waals surface area contributed by atoms with E-state index in [4.69, 9.17) is 0 Å². The molecule has 2 N–H and O–H groups in total. The first-order valence-electron chi connectivity index (χ1n) is 6.85. The Kier molecular flexibility index (Phi) is 4.73. The lowest BCUT2D eigenvalue weighted by Gasteiger charge is -2.06. The molecule has 0 aliphatic carbocycles. The zero-order chi connectivity index (χ0) is 16.1. The lowest BCUT2D eigenvalue weighted by Crippen LogP contribution is -2.06. The van der Waals surface area contributed by atoms with Crippen LogP contribution in [0.2, 0.25) is 0 Å². The minimum absolute atomic E-state index is 0.118. The van der Waals surface area contributed by atoms with E-state index in [1.54, 1.807) is 6.08 Å². The van der Waals surface area contributed by atoms with Gasteiger partial charge in [-0.05, 0) is 36.8 Å². The van der Waals surface area contributed by atoms with Gasteiger partial charge in [0.05, 0.1) is 5.56 Å². The first-order valence-corrected chi connectivity index (χ1v) is 6.85. The van der Waals surface area contributed by atoms with Gasteiger partial charge in [0, 0.05) is 12.6 Å². The average molecular weight is 295 g/mol. The second-order valence-corrected chi connectivity index (χ2v) is 5.02. The molecular formula is C18H17NO3. The normalized spacial score (nSPS) is 10.6. The van der Waals surface area contributed by atoms with Crippen LogP contribution in [0.4, 0.5) is 5.69 Å². The van der Waals surface area contributed by atoms with E-state index in [0.717, 1.165) is 11.1 Å². The van der Waals surface area contributed by atoms with Crippen molar-refractivity contribution in [3.8, 4) is 5.75 Å². The molecular weight excluding hydrogens is 278 g/mol. The van der Waals surface area contributed by atoms with Crippen molar-refractivity contribution in [2.75, 3.05) is 5.32 Å². The molecule has 0 bridgehead atoms. The van der Waals surface area contributed by atoms with Crippen LogP contribution in [0.1, 0.15) is 28.4 Å². The van der Waals surface area contributed by atoms with Crippen molar-refractivity contribution in [3.63, 3.8) is 0 Å². The van der Waals surface area contributed by atoms with Crippen LogP contribution in [0.3, 0.4) is 0 Å². The quantitative estimate of drug-likeness (QED) is 0.515. The maximum absolute atomic E-state index is 12.2. The minimum Gasteiger partial charge on any atom is -0.507 e. The first-order chi connectivity index (χ1) is 10.5. The van der Waals surface area contributed by atoms with Gasteiger partial charge in [0.1, 0.15) is 5.75 Å². The minimum atomic E-state index is -0.328. The molecule has 2 aromatic rings. The molecule has 1 amide bonds. The molecule has 0 aromatic heterocycles. The summed E-state index contributed by atoms with van der Waals surface area (Å²) in [7, 11) is 0. The van der Waals surface area contributed by atoms with E-state index in [1.165, 1.54) is 31.2 Å². The number of hydrogen-bond acceptors (Lipinski definition) is 3. The summed E-state index contributed by atoms with van der Waals surface area (Å²) in [6.07, 6.45) is 3.09. The molecule has 4 nitrogen and oxygen atoms in total. The molecule has 0 radical (unpaired) electrons. The van der Waals surface area contributed by atoms with E-state index >= 15 is 0 Å². The van der Waals surface area contributed by atoms with Crippen molar-refractivity contribution < 1.29 is 14.7 Å². The van der Waals surface area contributed by atoms with Gasteiger partial charge in [-0.1, -0.05) is 35.9 Å². The third kappa shape index (κ3) is 4.06. The van der Waals surface area contributed by atoms with Crippen LogP contribution < -0.4 is 5.32 Å². The fourth-order valence-corrected chi connectivity index (χ4v) is 1.95. The largest absolute Gasteiger partial charge is 0.507 e. The number of amides is 1. The summed E-state index contributed by atoms with van der Waals surface area (Å²) in [5.41, 5.74) is 2.66. The summed E-state index contributed by atoms with van der Waals surface area (Å²) < 4.78 is 0. The van der Waals surface area contributed by atoms with Crippen molar-refractivity contribution in [1.29, 1.82) is 0 Å². The molecule has 2 aromatic carbocycles. The van der Waals surface area contributed by atoms with Crippen LogP contribution in [-0.2, 0) is 4.79 Å². The van der Waals surface area contributed by atoms with E-state index in [2.05, 4.69) is 5.32 Å². The van der Waals surface area contributed by atoms with Crippen molar-refractivity contribution >= 4 is 23.5 Å². The Morgan fingerprint density at radius 2 is 1.77 bits per heavy atom. The highest BCUT2D eigenvalue weighted by Crippen LogP contribution is 2.22. The lowest BCUT2D eigenvalue weighted by molar-refractivity contribution is -0.114. The van der Waals surface area contributed by atoms with Crippen LogP contribution in [0, 0.1) is 6.92 Å². The van der Waals surface area contributed by atoms with E-state index in [1.807, 2.05) is 31.2 Å². The number of phenols is 1. The van der Waals surface area contributed by atoms with Gasteiger partial charge in [0.25, 0.3) is 0 Å². The number of carbonyl (C=O) groups is 2. The first kappa shape index (κ1) is 15.5. The average Bonchev–Trinajstić information content (AvgIpc) is 2.48. The van der Waals surface area contributed by atoms with Crippen LogP contribution in [0.15, 0.2) is 48.5 Å². The second-order valence-electron chi connectivity index (χ2n) is 5.02. The second kappa shape index (κ2) is 6.72. The SMILES string of the molecule is CC(=O)Nc1ccc(O)c(C(=O)C=Cc2ccc(C)cc2)c1. The number of aromatic hydroxyl groups is 1. The Morgan fingerprint density at radius 3 is 2.41 bits per heavy atom. The fourth-order valence-electron chi connectivity index (χ4n) is 1.95. The van der Waals surface area contributed by atoms with Gasteiger partial charge < -0.3 is 10.4 Å². The number of rotatable bonds is 4. The molecule has 0 saturated carbocycles. The highest BCUT2D eigenvalue weighted by atomic mass is 16.3. The highest BCUT2D eigenvalue weighted by Gasteiger charge is 2.10. The summed E-state index contributed by atoms with van der Waals surface area (Å²) >= 11 is 0. The van der Waals surface area contributed by atoms with Gasteiger partial charge in [-0.25, -0.2) is 0 Å². The number of nitrogens with one attached hydrogen (secondary N) is 1. The molecule has 0 heterocycles. The third-order valence-corrected chi connectivity index (χ3v) is 3.09. The molecule has 0 aliphatic rings. The Bertz CT molecular complexity index is 730. The predicted molar refractivity (Wildman–Crippen MR) is 87.0 cm³/mol. The molecule has 22 heavy (non-hydrogen) atoms. The molecule has 0 unspecified atom stereocenters. The molecule has 4 heteroatoms. The number of aryl methyl sites for hydroxylation is 1. The van der Waals surface area contributed by atoms with Crippen molar-refractivity contribution in [1.82, 2.24) is 0 Å². The third-order valence-electron chi connectivity index (χ3n) is 3.09. The number of carbonyl (C=O) groups excluding carboxylic acids is 2. The van der Waals surface area contributed by atoms with Crippen molar-refractivity contribution in [2.45, 2.75) is 13.8 Å². The lowest BCUT2D eigenvalue weighted by atomic mass is 10.1. The predicted octanol–water partition coefficient (Wildman–Crippen LogP) is 3.56. The van der Waals surface area contributed by atoms with Gasteiger partial charge in [0.2, 0.25) is 5.91 Å². The van der Waals surface area contributed by atoms with Gasteiger partial charge >= 0.3 is 0 Å². The molecule has 2 rings (SSSR count). The van der Waals surface area contributed by atoms with Crippen LogP contribution in [-0.4, -0.2) is 16.8 Å². The number of benzene rings is 2. The Hall–Kier alpha value is -2.88. The number of allylic oxidation sites excluding steroid dienone is 1. The number of phenolic OH excluding ortho intramolecular Hbond substituents is 1. The Labute approximate surface area is 129 Å². The Morgan fingerprint density at radius 1 is 1.09 bits per heavy atom. The standard InChI is InChI=1S/C18H17NO3/c1-12-3-5-14(6-4-12)7-9-17(21)16-11-15(19-13(2)20)8-10-18(16)22/h3-11,22H,1-2H3,(H,19,20).